The highest BCUT2D eigenvalue weighted by Gasteiger charge is 2.29. The fourth-order valence-corrected chi connectivity index (χ4v) is 2.28. The summed E-state index contributed by atoms with van der Waals surface area (Å²) in [6.45, 7) is 2.78. The molecule has 0 saturated carbocycles. The van der Waals surface area contributed by atoms with Crippen LogP contribution < -0.4 is 4.90 Å². The minimum absolute atomic E-state index is 0.00420. The van der Waals surface area contributed by atoms with E-state index in [1.807, 2.05) is 6.92 Å². The Bertz CT molecular complexity index is 374. The molecule has 1 aliphatic heterocycles. The summed E-state index contributed by atoms with van der Waals surface area (Å²) in [5, 5.41) is 0. The Labute approximate surface area is 95.1 Å². The highest BCUT2D eigenvalue weighted by Crippen LogP contribution is 2.26. The second-order valence-electron chi connectivity index (χ2n) is 4.15. The zero-order valence-electron chi connectivity index (χ0n) is 9.45. The van der Waals surface area contributed by atoms with E-state index in [9.17, 15) is 9.18 Å². The molecule has 1 atom stereocenters. The van der Waals surface area contributed by atoms with E-state index in [1.54, 1.807) is 12.1 Å². The smallest absolute Gasteiger partial charge is 0.154 e. The van der Waals surface area contributed by atoms with E-state index in [1.165, 1.54) is 12.1 Å². The number of carbonyl (C=O) groups is 1. The average molecular weight is 221 g/mol. The Hall–Kier alpha value is -1.38. The van der Waals surface area contributed by atoms with Crippen LogP contribution in [0.5, 0.6) is 0 Å². The van der Waals surface area contributed by atoms with Gasteiger partial charge in [-0.25, -0.2) is 4.39 Å². The van der Waals surface area contributed by atoms with E-state index in [0.29, 0.717) is 6.42 Å². The Balaban J connectivity index is 2.19. The van der Waals surface area contributed by atoms with Crippen molar-refractivity contribution in [1.29, 1.82) is 0 Å². The normalized spacial score (nSPS) is 20.1. The van der Waals surface area contributed by atoms with Gasteiger partial charge in [0.1, 0.15) is 5.82 Å². The molecule has 1 aromatic rings. The maximum Gasteiger partial charge on any atom is 0.154 e. The van der Waals surface area contributed by atoms with Gasteiger partial charge in [0.2, 0.25) is 0 Å². The van der Waals surface area contributed by atoms with Crippen LogP contribution >= 0.6 is 0 Å². The van der Waals surface area contributed by atoms with Crippen molar-refractivity contribution in [3.05, 3.63) is 30.1 Å². The van der Waals surface area contributed by atoms with Crippen molar-refractivity contribution < 1.29 is 9.18 Å². The minimum atomic E-state index is -0.235. The molecule has 0 aliphatic carbocycles. The molecule has 86 valence electrons. The lowest BCUT2D eigenvalue weighted by Crippen LogP contribution is -2.35. The summed E-state index contributed by atoms with van der Waals surface area (Å²) < 4.78 is 12.8. The molecule has 1 unspecified atom stereocenters. The second kappa shape index (κ2) is 4.64. The number of halogens is 1. The van der Waals surface area contributed by atoms with Crippen molar-refractivity contribution in [3.8, 4) is 0 Å². The predicted octanol–water partition coefficient (Wildman–Crippen LogP) is 2.77. The first kappa shape index (κ1) is 11.1. The first-order valence-electron chi connectivity index (χ1n) is 5.77. The van der Waals surface area contributed by atoms with Crippen molar-refractivity contribution in [2.45, 2.75) is 32.2 Å². The number of hydrogen-bond donors (Lipinski definition) is 0. The fraction of sp³-hybridized carbons (Fsp3) is 0.462. The summed E-state index contributed by atoms with van der Waals surface area (Å²) in [4.78, 5) is 13.8. The lowest BCUT2D eigenvalue weighted by Gasteiger charge is -2.25. The molecule has 1 fully saturated rings. The van der Waals surface area contributed by atoms with Gasteiger partial charge in [-0.15, -0.1) is 0 Å². The van der Waals surface area contributed by atoms with Gasteiger partial charge in [-0.05, 0) is 37.1 Å². The molecule has 3 heteroatoms. The second-order valence-corrected chi connectivity index (χ2v) is 4.15. The van der Waals surface area contributed by atoms with Gasteiger partial charge in [0.15, 0.2) is 5.78 Å². The van der Waals surface area contributed by atoms with Crippen LogP contribution in [-0.4, -0.2) is 18.4 Å². The van der Waals surface area contributed by atoms with Crippen molar-refractivity contribution in [3.63, 3.8) is 0 Å². The lowest BCUT2D eigenvalue weighted by atomic mass is 10.1. The monoisotopic (exact) mass is 221 g/mol. The maximum absolute atomic E-state index is 12.8. The van der Waals surface area contributed by atoms with Gasteiger partial charge in [-0.1, -0.05) is 6.92 Å². The molecule has 1 saturated heterocycles. The Kier molecular flexibility index (Phi) is 3.22. The molecule has 0 N–H and O–H groups in total. The average Bonchev–Trinajstić information content (AvgIpc) is 2.78. The SMILES string of the molecule is CCC(=O)C1CCCN1c1ccc(F)cc1. The molecule has 0 aromatic heterocycles. The standard InChI is InChI=1S/C13H16FNO/c1-2-13(16)12-4-3-9-15(12)11-7-5-10(14)6-8-11/h5-8,12H,2-4,9H2,1H3. The largest absolute Gasteiger partial charge is 0.361 e. The molecule has 1 aliphatic rings. The van der Waals surface area contributed by atoms with Crippen molar-refractivity contribution in [1.82, 2.24) is 0 Å². The van der Waals surface area contributed by atoms with Crippen molar-refractivity contribution in [2.24, 2.45) is 0 Å². The number of anilines is 1. The highest BCUT2D eigenvalue weighted by atomic mass is 19.1. The van der Waals surface area contributed by atoms with Crippen LogP contribution in [0.4, 0.5) is 10.1 Å². The van der Waals surface area contributed by atoms with Gasteiger partial charge in [-0.2, -0.15) is 0 Å². The van der Waals surface area contributed by atoms with Crippen LogP contribution in [0.1, 0.15) is 26.2 Å². The number of nitrogens with zero attached hydrogens (tertiary/aromatic N) is 1. The summed E-state index contributed by atoms with van der Waals surface area (Å²) in [5.41, 5.74) is 0.950. The molecule has 0 radical (unpaired) electrons. The first-order chi connectivity index (χ1) is 7.72. The number of Topliss-reactive ketones (excluding diaryl/α,β-unsaturated/α-hetero) is 1. The van der Waals surface area contributed by atoms with Crippen molar-refractivity contribution >= 4 is 11.5 Å². The number of ketones is 1. The third-order valence-electron chi connectivity index (χ3n) is 3.13. The van der Waals surface area contributed by atoms with Gasteiger partial charge in [0, 0.05) is 18.7 Å². The summed E-state index contributed by atoms with van der Waals surface area (Å²) in [6, 6.07) is 6.38. The van der Waals surface area contributed by atoms with E-state index in [0.717, 1.165) is 25.1 Å². The van der Waals surface area contributed by atoms with Crippen molar-refractivity contribution in [2.75, 3.05) is 11.4 Å². The quantitative estimate of drug-likeness (QED) is 0.782. The molecule has 0 bridgehead atoms. The first-order valence-corrected chi connectivity index (χ1v) is 5.77. The van der Waals surface area contributed by atoms with Crippen LogP contribution in [-0.2, 0) is 4.79 Å². The third kappa shape index (κ3) is 2.08. The van der Waals surface area contributed by atoms with Crippen LogP contribution in [0.25, 0.3) is 0 Å². The number of carbonyl (C=O) groups excluding carboxylic acids is 1. The Morgan fingerprint density at radius 1 is 1.44 bits per heavy atom. The summed E-state index contributed by atoms with van der Waals surface area (Å²) in [5.74, 6) is 0.0446. The summed E-state index contributed by atoms with van der Waals surface area (Å²) in [6.07, 6.45) is 2.53. The van der Waals surface area contributed by atoms with E-state index < -0.39 is 0 Å². The van der Waals surface area contributed by atoms with E-state index in [4.69, 9.17) is 0 Å². The lowest BCUT2D eigenvalue weighted by molar-refractivity contribution is -0.119. The Morgan fingerprint density at radius 2 is 2.12 bits per heavy atom. The van der Waals surface area contributed by atoms with Crippen LogP contribution in [0.3, 0.4) is 0 Å². The topological polar surface area (TPSA) is 20.3 Å². The summed E-state index contributed by atoms with van der Waals surface area (Å²) >= 11 is 0. The van der Waals surface area contributed by atoms with Gasteiger partial charge < -0.3 is 4.90 Å². The van der Waals surface area contributed by atoms with E-state index in [2.05, 4.69) is 4.90 Å². The molecule has 0 spiro atoms. The molecular weight excluding hydrogens is 205 g/mol. The number of rotatable bonds is 3. The third-order valence-corrected chi connectivity index (χ3v) is 3.13. The van der Waals surface area contributed by atoms with E-state index in [-0.39, 0.29) is 17.6 Å². The Morgan fingerprint density at radius 3 is 2.75 bits per heavy atom. The van der Waals surface area contributed by atoms with Crippen LogP contribution in [0, 0.1) is 5.82 Å². The predicted molar refractivity (Wildman–Crippen MR) is 62.1 cm³/mol. The molecule has 16 heavy (non-hydrogen) atoms. The minimum Gasteiger partial charge on any atom is -0.361 e. The van der Waals surface area contributed by atoms with Gasteiger partial charge >= 0.3 is 0 Å². The van der Waals surface area contributed by atoms with E-state index >= 15 is 0 Å². The molecule has 1 aromatic carbocycles. The van der Waals surface area contributed by atoms with Crippen LogP contribution in [0.2, 0.25) is 0 Å². The highest BCUT2D eigenvalue weighted by molar-refractivity contribution is 5.87. The fourth-order valence-electron chi connectivity index (χ4n) is 2.28. The number of benzene rings is 1. The van der Waals surface area contributed by atoms with Crippen LogP contribution in [0.15, 0.2) is 24.3 Å². The van der Waals surface area contributed by atoms with Gasteiger partial charge in [0.25, 0.3) is 0 Å². The summed E-state index contributed by atoms with van der Waals surface area (Å²) in [7, 11) is 0. The molecular formula is C13H16FNO. The zero-order chi connectivity index (χ0) is 11.5. The zero-order valence-corrected chi connectivity index (χ0v) is 9.45. The number of hydrogen-bond acceptors (Lipinski definition) is 2. The maximum atomic E-state index is 12.8. The van der Waals surface area contributed by atoms with Gasteiger partial charge in [-0.3, -0.25) is 4.79 Å². The molecule has 2 rings (SSSR count). The molecule has 0 amide bonds. The van der Waals surface area contributed by atoms with Gasteiger partial charge in [0.05, 0.1) is 6.04 Å². The molecule has 2 nitrogen and oxygen atoms in total. The molecule has 1 heterocycles.